The summed E-state index contributed by atoms with van der Waals surface area (Å²) in [5, 5.41) is 14.1. The van der Waals surface area contributed by atoms with Gasteiger partial charge in [-0.2, -0.15) is 0 Å². The van der Waals surface area contributed by atoms with Crippen LogP contribution in [0.5, 0.6) is 0 Å². The number of carbonyl (C=O) groups is 2. The van der Waals surface area contributed by atoms with Crippen molar-refractivity contribution in [2.45, 2.75) is 95.2 Å². The van der Waals surface area contributed by atoms with Gasteiger partial charge in [-0.05, 0) is 69.5 Å². The van der Waals surface area contributed by atoms with Gasteiger partial charge in [0, 0.05) is 26.2 Å². The van der Waals surface area contributed by atoms with Crippen molar-refractivity contribution in [1.29, 1.82) is 0 Å². The largest absolute Gasteiger partial charge is 0.390 e. The zero-order chi connectivity index (χ0) is 28.8. The van der Waals surface area contributed by atoms with E-state index in [1.807, 2.05) is 35.2 Å². The minimum absolute atomic E-state index is 0.0624. The van der Waals surface area contributed by atoms with Gasteiger partial charge in [-0.1, -0.05) is 50.8 Å². The molecule has 40 heavy (non-hydrogen) atoms. The zero-order valence-electron chi connectivity index (χ0n) is 24.3. The van der Waals surface area contributed by atoms with Crippen molar-refractivity contribution in [1.82, 2.24) is 15.1 Å². The average molecular weight is 577 g/mol. The number of nitrogens with one attached hydrogen (secondary N) is 1. The molecule has 10 heteroatoms. The molecule has 0 radical (unpaired) electrons. The lowest BCUT2D eigenvalue weighted by Gasteiger charge is -2.52. The van der Waals surface area contributed by atoms with Crippen LogP contribution in [0.15, 0.2) is 30.3 Å². The van der Waals surface area contributed by atoms with Gasteiger partial charge >= 0.3 is 0 Å². The molecule has 3 fully saturated rings. The summed E-state index contributed by atoms with van der Waals surface area (Å²) in [4.78, 5) is 31.6. The Morgan fingerprint density at radius 2 is 1.70 bits per heavy atom. The summed E-state index contributed by atoms with van der Waals surface area (Å²) >= 11 is 0. The average Bonchev–Trinajstić information content (AvgIpc) is 2.95. The van der Waals surface area contributed by atoms with Crippen molar-refractivity contribution >= 4 is 27.5 Å². The van der Waals surface area contributed by atoms with Crippen LogP contribution in [0.3, 0.4) is 0 Å². The van der Waals surface area contributed by atoms with E-state index in [0.29, 0.717) is 44.7 Å². The van der Waals surface area contributed by atoms with Gasteiger partial charge in [-0.15, -0.1) is 0 Å². The number of aliphatic hydroxyl groups excluding tert-OH is 1. The van der Waals surface area contributed by atoms with Gasteiger partial charge in [-0.3, -0.25) is 13.9 Å². The summed E-state index contributed by atoms with van der Waals surface area (Å²) < 4.78 is 26.2. The van der Waals surface area contributed by atoms with E-state index >= 15 is 0 Å². The van der Waals surface area contributed by atoms with Crippen molar-refractivity contribution < 1.29 is 23.1 Å². The zero-order valence-corrected chi connectivity index (χ0v) is 25.1. The van der Waals surface area contributed by atoms with Gasteiger partial charge in [0.05, 0.1) is 18.0 Å². The Morgan fingerprint density at radius 1 is 1.02 bits per heavy atom. The highest BCUT2D eigenvalue weighted by molar-refractivity contribution is 7.92. The van der Waals surface area contributed by atoms with Crippen LogP contribution in [-0.4, -0.2) is 91.8 Å². The molecule has 2 heterocycles. The van der Waals surface area contributed by atoms with E-state index < -0.39 is 27.7 Å². The number of aliphatic hydroxyl groups is 1. The van der Waals surface area contributed by atoms with Crippen molar-refractivity contribution in [2.24, 2.45) is 5.92 Å². The number of para-hydroxylation sites is 1. The van der Waals surface area contributed by atoms with E-state index in [2.05, 4.69) is 17.1 Å². The van der Waals surface area contributed by atoms with E-state index in [4.69, 9.17) is 0 Å². The van der Waals surface area contributed by atoms with Gasteiger partial charge in [-0.25, -0.2) is 8.42 Å². The number of sulfonamides is 1. The summed E-state index contributed by atoms with van der Waals surface area (Å²) in [5.74, 6) is -0.178. The maximum atomic E-state index is 13.8. The quantitative estimate of drug-likeness (QED) is 0.370. The van der Waals surface area contributed by atoms with Gasteiger partial charge in [0.1, 0.15) is 11.6 Å². The molecular weight excluding hydrogens is 528 g/mol. The summed E-state index contributed by atoms with van der Waals surface area (Å²) in [7, 11) is -3.37. The van der Waals surface area contributed by atoms with Crippen LogP contribution >= 0.6 is 0 Å². The molecule has 0 aromatic heterocycles. The molecule has 2 N–H and O–H groups in total. The first-order chi connectivity index (χ1) is 19.2. The highest BCUT2D eigenvalue weighted by Gasteiger charge is 2.55. The van der Waals surface area contributed by atoms with Crippen LogP contribution in [0.4, 0.5) is 5.69 Å². The molecule has 1 aliphatic carbocycles. The second-order valence-corrected chi connectivity index (χ2v) is 13.8. The molecule has 2 aliphatic heterocycles. The fourth-order valence-corrected chi connectivity index (χ4v) is 7.74. The van der Waals surface area contributed by atoms with E-state index in [9.17, 15) is 23.1 Å². The number of piperazine rings is 1. The molecule has 1 aromatic carbocycles. The van der Waals surface area contributed by atoms with Crippen LogP contribution in [0.25, 0.3) is 0 Å². The Labute approximate surface area is 240 Å². The number of unbranched alkanes of at least 4 members (excludes halogenated alkanes) is 2. The predicted octanol–water partition coefficient (Wildman–Crippen LogP) is 3.14. The van der Waals surface area contributed by atoms with Crippen molar-refractivity contribution in [3.8, 4) is 0 Å². The molecule has 0 unspecified atom stereocenters. The van der Waals surface area contributed by atoms with Crippen LogP contribution in [0, 0.1) is 5.92 Å². The molecule has 3 aliphatic rings. The highest BCUT2D eigenvalue weighted by atomic mass is 32.2. The Hall–Kier alpha value is -2.17. The summed E-state index contributed by atoms with van der Waals surface area (Å²) in [6, 6.07) is 8.32. The first-order valence-electron chi connectivity index (χ1n) is 15.2. The second-order valence-electron chi connectivity index (χ2n) is 11.9. The maximum absolute atomic E-state index is 13.8. The molecule has 0 bridgehead atoms. The molecular formula is C30H48N4O5S. The lowest BCUT2D eigenvalue weighted by molar-refractivity contribution is -0.165. The third-order valence-electron chi connectivity index (χ3n) is 9.18. The smallest absolute Gasteiger partial charge is 0.248 e. The standard InChI is InChI=1S/C30H48N4O5S/c1-3-4-20-33-28(36)26(27(35)24-13-7-5-8-14-24)31-29(37)30(33)17-22-32(23-18-30)19-11-12-21-34(40(2,38)39)25-15-9-6-10-16-25/h6,9-10,15-16,24,26-27,35H,3-5,7-8,11-14,17-23H2,1-2H3,(H,31,37)/t26-,27-/m1/s1. The molecule has 1 aromatic rings. The number of hydrogen-bond donors (Lipinski definition) is 2. The summed E-state index contributed by atoms with van der Waals surface area (Å²) in [6.07, 6.45) is 9.98. The molecule has 224 valence electrons. The Bertz CT molecular complexity index is 1080. The summed E-state index contributed by atoms with van der Waals surface area (Å²) in [6.45, 7) is 5.27. The van der Waals surface area contributed by atoms with E-state index in [-0.39, 0.29) is 17.7 Å². The minimum atomic E-state index is -3.37. The molecule has 1 spiro atoms. The van der Waals surface area contributed by atoms with Crippen LogP contribution in [-0.2, 0) is 19.6 Å². The Balaban J connectivity index is 1.34. The van der Waals surface area contributed by atoms with Gasteiger partial charge in [0.2, 0.25) is 21.8 Å². The number of hydrogen-bond acceptors (Lipinski definition) is 6. The van der Waals surface area contributed by atoms with Gasteiger partial charge in [0.25, 0.3) is 0 Å². The SMILES string of the molecule is CCCCN1C(=O)[C@@H]([C@H](O)C2CCCCC2)NC(=O)C12CCN(CCCCN(c1ccccc1)S(C)(=O)=O)CC2. The van der Waals surface area contributed by atoms with E-state index in [1.54, 1.807) is 0 Å². The van der Waals surface area contributed by atoms with Crippen molar-refractivity contribution in [2.75, 3.05) is 43.3 Å². The van der Waals surface area contributed by atoms with Gasteiger partial charge < -0.3 is 20.2 Å². The number of benzene rings is 1. The number of nitrogens with zero attached hydrogens (tertiary/aromatic N) is 3. The number of amides is 2. The lowest BCUT2D eigenvalue weighted by Crippen LogP contribution is -2.75. The van der Waals surface area contributed by atoms with Crippen molar-refractivity contribution in [3.05, 3.63) is 30.3 Å². The van der Waals surface area contributed by atoms with Gasteiger partial charge in [0.15, 0.2) is 0 Å². The number of rotatable bonds is 12. The number of carbonyl (C=O) groups excluding carboxylic acids is 2. The molecule has 9 nitrogen and oxygen atoms in total. The van der Waals surface area contributed by atoms with Crippen molar-refractivity contribution in [3.63, 3.8) is 0 Å². The monoisotopic (exact) mass is 576 g/mol. The Morgan fingerprint density at radius 3 is 2.33 bits per heavy atom. The molecule has 2 amide bonds. The first kappa shape index (κ1) is 30.8. The minimum Gasteiger partial charge on any atom is -0.390 e. The molecule has 2 saturated heterocycles. The molecule has 2 atom stereocenters. The third kappa shape index (κ3) is 6.99. The predicted molar refractivity (Wildman–Crippen MR) is 157 cm³/mol. The molecule has 4 rings (SSSR count). The highest BCUT2D eigenvalue weighted by Crippen LogP contribution is 2.36. The third-order valence-corrected chi connectivity index (χ3v) is 10.4. The van der Waals surface area contributed by atoms with Crippen LogP contribution in [0.2, 0.25) is 0 Å². The lowest BCUT2D eigenvalue weighted by atomic mass is 9.78. The fraction of sp³-hybridized carbons (Fsp3) is 0.733. The normalized spacial score (nSPS) is 23.3. The van der Waals surface area contributed by atoms with Crippen LogP contribution in [0.1, 0.15) is 77.6 Å². The number of anilines is 1. The fourth-order valence-electron chi connectivity index (χ4n) is 6.77. The van der Waals surface area contributed by atoms with E-state index in [1.165, 1.54) is 17.0 Å². The second kappa shape index (κ2) is 13.7. The van der Waals surface area contributed by atoms with E-state index in [0.717, 1.165) is 57.9 Å². The molecule has 1 saturated carbocycles. The number of likely N-dealkylation sites (tertiary alicyclic amines) is 1. The van der Waals surface area contributed by atoms with Crippen LogP contribution < -0.4 is 9.62 Å². The maximum Gasteiger partial charge on any atom is 0.248 e. The topological polar surface area (TPSA) is 110 Å². The first-order valence-corrected chi connectivity index (χ1v) is 17.1. The summed E-state index contributed by atoms with van der Waals surface area (Å²) in [5.41, 5.74) is -0.177. The number of piperidine rings is 1. The Kier molecular flexibility index (Phi) is 10.5.